The van der Waals surface area contributed by atoms with Gasteiger partial charge in [-0.2, -0.15) is 5.26 Å². The van der Waals surface area contributed by atoms with Gasteiger partial charge in [-0.25, -0.2) is 0 Å². The van der Waals surface area contributed by atoms with E-state index >= 15 is 0 Å². The third-order valence-electron chi connectivity index (χ3n) is 4.59. The van der Waals surface area contributed by atoms with Crippen molar-refractivity contribution in [3.63, 3.8) is 0 Å². The number of piperidine rings is 1. The molecule has 2 bridgehead atoms. The second-order valence-corrected chi connectivity index (χ2v) is 5.97. The Hall–Kier alpha value is -1.70. The minimum atomic E-state index is 0.0376. The number of carbonyl (C=O) groups is 1. The molecular formula is C17H20N2O2. The van der Waals surface area contributed by atoms with E-state index < -0.39 is 0 Å². The average Bonchev–Trinajstić information content (AvgIpc) is 2.48. The van der Waals surface area contributed by atoms with Crippen molar-refractivity contribution in [3.05, 3.63) is 35.9 Å². The maximum atomic E-state index is 12.0. The molecule has 0 spiro atoms. The van der Waals surface area contributed by atoms with Gasteiger partial charge in [0.15, 0.2) is 0 Å². The van der Waals surface area contributed by atoms with Gasteiger partial charge in [-0.3, -0.25) is 9.69 Å². The van der Waals surface area contributed by atoms with Crippen LogP contribution in [-0.4, -0.2) is 36.0 Å². The van der Waals surface area contributed by atoms with Crippen molar-refractivity contribution in [2.75, 3.05) is 13.2 Å². The zero-order valence-corrected chi connectivity index (χ0v) is 12.1. The van der Waals surface area contributed by atoms with Crippen molar-refractivity contribution in [2.45, 2.75) is 37.9 Å². The van der Waals surface area contributed by atoms with E-state index in [9.17, 15) is 4.79 Å². The highest BCUT2D eigenvalue weighted by atomic mass is 16.5. The third kappa shape index (κ3) is 3.15. The van der Waals surface area contributed by atoms with E-state index in [1.165, 1.54) is 5.56 Å². The van der Waals surface area contributed by atoms with Gasteiger partial charge in [0, 0.05) is 24.5 Å². The van der Waals surface area contributed by atoms with Gasteiger partial charge >= 0.3 is 0 Å². The number of nitrogens with zero attached hydrogens (tertiary/aromatic N) is 2. The Kier molecular flexibility index (Phi) is 4.33. The van der Waals surface area contributed by atoms with Crippen LogP contribution in [0.2, 0.25) is 0 Å². The first-order valence-electron chi connectivity index (χ1n) is 7.55. The third-order valence-corrected chi connectivity index (χ3v) is 4.59. The predicted octanol–water partition coefficient (Wildman–Crippen LogP) is 2.15. The molecule has 110 valence electrons. The van der Waals surface area contributed by atoms with Gasteiger partial charge in [0.1, 0.15) is 5.78 Å². The van der Waals surface area contributed by atoms with Gasteiger partial charge in [-0.1, -0.05) is 30.3 Å². The van der Waals surface area contributed by atoms with Crippen LogP contribution in [0.25, 0.3) is 0 Å². The lowest BCUT2D eigenvalue weighted by molar-refractivity contribution is -0.132. The van der Waals surface area contributed by atoms with Crippen LogP contribution in [0.5, 0.6) is 0 Å². The highest BCUT2D eigenvalue weighted by Crippen LogP contribution is 2.33. The molecule has 0 amide bonds. The molecule has 3 rings (SSSR count). The van der Waals surface area contributed by atoms with Gasteiger partial charge in [0.05, 0.1) is 25.7 Å². The number of hydrogen-bond acceptors (Lipinski definition) is 4. The average molecular weight is 284 g/mol. The Morgan fingerprint density at radius 2 is 1.90 bits per heavy atom. The molecule has 0 aromatic heterocycles. The van der Waals surface area contributed by atoms with Gasteiger partial charge in [0.2, 0.25) is 0 Å². The van der Waals surface area contributed by atoms with Crippen LogP contribution in [0.1, 0.15) is 24.8 Å². The molecule has 0 radical (unpaired) electrons. The molecule has 1 aromatic carbocycles. The number of nitriles is 1. The summed E-state index contributed by atoms with van der Waals surface area (Å²) in [4.78, 5) is 14.5. The van der Waals surface area contributed by atoms with Gasteiger partial charge in [-0.05, 0) is 18.4 Å². The molecule has 2 atom stereocenters. The monoisotopic (exact) mass is 284 g/mol. The van der Waals surface area contributed by atoms with Gasteiger partial charge < -0.3 is 4.74 Å². The van der Waals surface area contributed by atoms with Crippen molar-refractivity contribution < 1.29 is 9.53 Å². The summed E-state index contributed by atoms with van der Waals surface area (Å²) >= 11 is 0. The summed E-state index contributed by atoms with van der Waals surface area (Å²) in [6.07, 6.45) is 1.69. The molecule has 2 unspecified atom stereocenters. The van der Waals surface area contributed by atoms with Crippen molar-refractivity contribution in [3.8, 4) is 6.07 Å². The van der Waals surface area contributed by atoms with E-state index in [0.717, 1.165) is 19.4 Å². The Morgan fingerprint density at radius 1 is 1.24 bits per heavy atom. The second kappa shape index (κ2) is 6.38. The number of benzene rings is 1. The number of Topliss-reactive ketones (excluding diaryl/α,β-unsaturated/α-hetero) is 1. The summed E-state index contributed by atoms with van der Waals surface area (Å²) in [7, 11) is 0. The fourth-order valence-corrected chi connectivity index (χ4v) is 3.53. The number of morpholine rings is 1. The molecule has 2 heterocycles. The van der Waals surface area contributed by atoms with E-state index in [1.807, 2.05) is 12.1 Å². The van der Waals surface area contributed by atoms with E-state index in [-0.39, 0.29) is 18.1 Å². The van der Waals surface area contributed by atoms with Crippen LogP contribution in [0.15, 0.2) is 30.3 Å². The van der Waals surface area contributed by atoms with Crippen molar-refractivity contribution in [1.29, 1.82) is 5.26 Å². The number of hydrogen-bond donors (Lipinski definition) is 0. The minimum absolute atomic E-state index is 0.0376. The number of rotatable bonds is 4. The van der Waals surface area contributed by atoms with Crippen LogP contribution < -0.4 is 0 Å². The molecule has 2 saturated heterocycles. The lowest BCUT2D eigenvalue weighted by atomic mass is 9.81. The summed E-state index contributed by atoms with van der Waals surface area (Å²) in [6.45, 7) is 2.30. The van der Waals surface area contributed by atoms with Crippen LogP contribution in [0, 0.1) is 17.2 Å². The second-order valence-electron chi connectivity index (χ2n) is 5.97. The van der Waals surface area contributed by atoms with Crippen LogP contribution in [0.3, 0.4) is 0 Å². The zero-order chi connectivity index (χ0) is 14.7. The molecule has 2 aliphatic rings. The quantitative estimate of drug-likeness (QED) is 0.850. The molecule has 0 aliphatic carbocycles. The number of carbonyl (C=O) groups excluding carboxylic acids is 1. The molecule has 1 aromatic rings. The van der Waals surface area contributed by atoms with E-state index in [4.69, 9.17) is 10.00 Å². The molecule has 2 aliphatic heterocycles. The van der Waals surface area contributed by atoms with E-state index in [1.54, 1.807) is 0 Å². The Morgan fingerprint density at radius 3 is 2.52 bits per heavy atom. The standard InChI is InChI=1S/C17H20N2O2/c18-7-6-17(20)14-8-15-11-21-12-16(9-14)19(15)10-13-4-2-1-3-5-13/h1-5,14-16H,6,8-12H2. The zero-order valence-electron chi connectivity index (χ0n) is 12.1. The summed E-state index contributed by atoms with van der Waals surface area (Å²) in [5, 5.41) is 8.71. The van der Waals surface area contributed by atoms with E-state index in [2.05, 4.69) is 29.2 Å². The fraction of sp³-hybridized carbons (Fsp3) is 0.529. The Labute approximate surface area is 125 Å². The topological polar surface area (TPSA) is 53.3 Å². The number of ketones is 1. The molecule has 4 nitrogen and oxygen atoms in total. The SMILES string of the molecule is N#CCC(=O)C1CC2COCC(C1)N2Cc1ccccc1. The summed E-state index contributed by atoms with van der Waals surface area (Å²) in [6, 6.07) is 13.0. The molecule has 0 N–H and O–H groups in total. The minimum Gasteiger partial charge on any atom is -0.378 e. The molecule has 4 heteroatoms. The fourth-order valence-electron chi connectivity index (χ4n) is 3.53. The van der Waals surface area contributed by atoms with Gasteiger partial charge in [0.25, 0.3) is 0 Å². The van der Waals surface area contributed by atoms with Crippen molar-refractivity contribution in [1.82, 2.24) is 4.90 Å². The maximum absolute atomic E-state index is 12.0. The van der Waals surface area contributed by atoms with Gasteiger partial charge in [-0.15, -0.1) is 0 Å². The Balaban J connectivity index is 1.70. The maximum Gasteiger partial charge on any atom is 0.150 e. The molecule has 21 heavy (non-hydrogen) atoms. The lowest BCUT2D eigenvalue weighted by Crippen LogP contribution is -2.57. The first kappa shape index (κ1) is 14.2. The van der Waals surface area contributed by atoms with Crippen molar-refractivity contribution >= 4 is 5.78 Å². The highest BCUT2D eigenvalue weighted by molar-refractivity contribution is 5.83. The lowest BCUT2D eigenvalue weighted by Gasteiger charge is -2.48. The first-order chi connectivity index (χ1) is 10.3. The first-order valence-corrected chi connectivity index (χ1v) is 7.55. The molecular weight excluding hydrogens is 264 g/mol. The largest absolute Gasteiger partial charge is 0.378 e. The summed E-state index contributed by atoms with van der Waals surface area (Å²) in [5.74, 6) is 0.143. The molecule has 2 fully saturated rings. The predicted molar refractivity (Wildman–Crippen MR) is 78.3 cm³/mol. The highest BCUT2D eigenvalue weighted by Gasteiger charge is 2.40. The van der Waals surface area contributed by atoms with Crippen LogP contribution >= 0.6 is 0 Å². The molecule has 0 saturated carbocycles. The smallest absolute Gasteiger partial charge is 0.150 e. The van der Waals surface area contributed by atoms with Crippen LogP contribution in [0.4, 0.5) is 0 Å². The number of ether oxygens (including phenoxy) is 1. The Bertz CT molecular complexity index is 523. The van der Waals surface area contributed by atoms with Crippen molar-refractivity contribution in [2.24, 2.45) is 5.92 Å². The summed E-state index contributed by atoms with van der Waals surface area (Å²) < 4.78 is 5.67. The number of fused-ring (bicyclic) bond motifs is 2. The normalized spacial score (nSPS) is 28.8. The van der Waals surface area contributed by atoms with Crippen LogP contribution in [-0.2, 0) is 16.1 Å². The summed E-state index contributed by atoms with van der Waals surface area (Å²) in [5.41, 5.74) is 1.30. The van der Waals surface area contributed by atoms with E-state index in [0.29, 0.717) is 25.3 Å².